The van der Waals surface area contributed by atoms with E-state index in [0.29, 0.717) is 37.2 Å². The first-order valence-corrected chi connectivity index (χ1v) is 9.56. The van der Waals surface area contributed by atoms with Gasteiger partial charge < -0.3 is 15.5 Å². The first-order valence-electron chi connectivity index (χ1n) is 9.56. The van der Waals surface area contributed by atoms with Crippen LogP contribution in [0.15, 0.2) is 60.8 Å². The molecule has 2 aromatic carbocycles. The van der Waals surface area contributed by atoms with Crippen LogP contribution in [0.1, 0.15) is 23.2 Å². The van der Waals surface area contributed by atoms with Gasteiger partial charge in [-0.05, 0) is 49.2 Å². The number of anilines is 1. The zero-order valence-corrected chi connectivity index (χ0v) is 15.8. The third-order valence-corrected chi connectivity index (χ3v) is 5.10. The fourth-order valence-electron chi connectivity index (χ4n) is 3.50. The average molecular weight is 392 g/mol. The van der Waals surface area contributed by atoms with Crippen molar-refractivity contribution in [1.82, 2.24) is 15.2 Å². The van der Waals surface area contributed by atoms with Gasteiger partial charge in [0.1, 0.15) is 5.82 Å². The molecule has 0 radical (unpaired) electrons. The van der Waals surface area contributed by atoms with Crippen LogP contribution in [0.4, 0.5) is 14.9 Å². The largest absolute Gasteiger partial charge is 0.349 e. The van der Waals surface area contributed by atoms with E-state index in [1.54, 1.807) is 11.1 Å². The smallest absolute Gasteiger partial charge is 0.321 e. The number of fused-ring (bicyclic) bond motifs is 1. The predicted molar refractivity (Wildman–Crippen MR) is 109 cm³/mol. The minimum Gasteiger partial charge on any atom is -0.349 e. The Morgan fingerprint density at radius 1 is 1.00 bits per heavy atom. The summed E-state index contributed by atoms with van der Waals surface area (Å²) in [7, 11) is 0. The second kappa shape index (κ2) is 8.26. The summed E-state index contributed by atoms with van der Waals surface area (Å²) >= 11 is 0. The Bertz CT molecular complexity index is 1030. The van der Waals surface area contributed by atoms with E-state index >= 15 is 0 Å². The van der Waals surface area contributed by atoms with E-state index in [1.165, 1.54) is 24.3 Å². The number of nitrogens with one attached hydrogen (secondary N) is 2. The lowest BCUT2D eigenvalue weighted by Crippen LogP contribution is -2.47. The van der Waals surface area contributed by atoms with Gasteiger partial charge in [0.15, 0.2) is 0 Å². The van der Waals surface area contributed by atoms with E-state index in [-0.39, 0.29) is 23.8 Å². The van der Waals surface area contributed by atoms with E-state index in [4.69, 9.17) is 0 Å². The molecule has 0 aliphatic carbocycles. The molecule has 1 aromatic heterocycles. The average Bonchev–Trinajstić information content (AvgIpc) is 2.75. The molecule has 148 valence electrons. The molecular formula is C22H21FN4O2. The molecule has 7 heteroatoms. The highest BCUT2D eigenvalue weighted by Crippen LogP contribution is 2.21. The van der Waals surface area contributed by atoms with Gasteiger partial charge in [0.2, 0.25) is 0 Å². The Hall–Kier alpha value is -3.48. The molecule has 6 nitrogen and oxygen atoms in total. The maximum Gasteiger partial charge on any atom is 0.321 e. The van der Waals surface area contributed by atoms with Crippen molar-refractivity contribution in [3.8, 4) is 0 Å². The van der Waals surface area contributed by atoms with Crippen LogP contribution in [0.3, 0.4) is 0 Å². The number of pyridine rings is 1. The molecule has 2 N–H and O–H groups in total. The quantitative estimate of drug-likeness (QED) is 0.712. The highest BCUT2D eigenvalue weighted by molar-refractivity contribution is 5.99. The molecule has 1 aliphatic rings. The normalized spacial score (nSPS) is 14.6. The number of likely N-dealkylation sites (tertiary alicyclic amines) is 1. The van der Waals surface area contributed by atoms with Crippen molar-refractivity contribution < 1.29 is 14.0 Å². The topological polar surface area (TPSA) is 74.3 Å². The molecule has 0 bridgehead atoms. The Morgan fingerprint density at radius 2 is 1.72 bits per heavy atom. The number of urea groups is 1. The van der Waals surface area contributed by atoms with Crippen molar-refractivity contribution in [2.24, 2.45) is 0 Å². The Morgan fingerprint density at radius 3 is 2.48 bits per heavy atom. The number of hydrogen-bond acceptors (Lipinski definition) is 3. The molecular weight excluding hydrogens is 371 g/mol. The molecule has 1 fully saturated rings. The van der Waals surface area contributed by atoms with Gasteiger partial charge in [-0.1, -0.05) is 18.2 Å². The fourth-order valence-corrected chi connectivity index (χ4v) is 3.50. The van der Waals surface area contributed by atoms with Crippen LogP contribution in [-0.2, 0) is 0 Å². The lowest BCUT2D eigenvalue weighted by molar-refractivity contribution is 0.0919. The molecule has 3 amide bonds. The van der Waals surface area contributed by atoms with Crippen LogP contribution in [-0.4, -0.2) is 41.0 Å². The molecule has 0 unspecified atom stereocenters. The first-order chi connectivity index (χ1) is 14.1. The van der Waals surface area contributed by atoms with Gasteiger partial charge in [0.05, 0.1) is 11.2 Å². The number of aromatic nitrogens is 1. The van der Waals surface area contributed by atoms with Gasteiger partial charge in [-0.15, -0.1) is 0 Å². The minimum absolute atomic E-state index is 0.0178. The van der Waals surface area contributed by atoms with Crippen LogP contribution < -0.4 is 10.6 Å². The summed E-state index contributed by atoms with van der Waals surface area (Å²) in [5.74, 6) is -0.600. The van der Waals surface area contributed by atoms with Crippen LogP contribution in [0, 0.1) is 5.82 Å². The summed E-state index contributed by atoms with van der Waals surface area (Å²) < 4.78 is 13.0. The Labute approximate surface area is 167 Å². The zero-order valence-electron chi connectivity index (χ0n) is 15.8. The SMILES string of the molecule is O=C(NC1CCN(C(=O)Nc2cccc3cccnc23)CC1)c1ccc(F)cc1. The van der Waals surface area contributed by atoms with Crippen molar-refractivity contribution >= 4 is 28.5 Å². The second-order valence-electron chi connectivity index (χ2n) is 7.05. The second-order valence-corrected chi connectivity index (χ2v) is 7.05. The Balaban J connectivity index is 1.32. The molecule has 2 heterocycles. The predicted octanol–water partition coefficient (Wildman–Crippen LogP) is 3.80. The molecule has 0 atom stereocenters. The monoisotopic (exact) mass is 392 g/mol. The van der Waals surface area contributed by atoms with Gasteiger partial charge in [-0.25, -0.2) is 9.18 Å². The molecule has 1 saturated heterocycles. The van der Waals surface area contributed by atoms with E-state index < -0.39 is 0 Å². The molecule has 0 saturated carbocycles. The third-order valence-electron chi connectivity index (χ3n) is 5.10. The van der Waals surface area contributed by atoms with Crippen molar-refractivity contribution in [2.45, 2.75) is 18.9 Å². The van der Waals surface area contributed by atoms with Gasteiger partial charge in [-0.2, -0.15) is 0 Å². The maximum absolute atomic E-state index is 13.0. The molecule has 0 spiro atoms. The van der Waals surface area contributed by atoms with Crippen LogP contribution in [0.5, 0.6) is 0 Å². The number of para-hydroxylation sites is 1. The van der Waals surface area contributed by atoms with E-state index in [2.05, 4.69) is 15.6 Å². The number of piperidine rings is 1. The fraction of sp³-hybridized carbons (Fsp3) is 0.227. The number of carbonyl (C=O) groups excluding carboxylic acids is 2. The lowest BCUT2D eigenvalue weighted by atomic mass is 10.0. The van der Waals surface area contributed by atoms with Crippen molar-refractivity contribution in [3.63, 3.8) is 0 Å². The molecule has 3 aromatic rings. The van der Waals surface area contributed by atoms with Crippen LogP contribution in [0.25, 0.3) is 10.9 Å². The van der Waals surface area contributed by atoms with Crippen LogP contribution in [0.2, 0.25) is 0 Å². The Kier molecular flexibility index (Phi) is 5.37. The van der Waals surface area contributed by atoms with Gasteiger partial charge in [-0.3, -0.25) is 9.78 Å². The number of amides is 3. The maximum atomic E-state index is 13.0. The number of halogens is 1. The van der Waals surface area contributed by atoms with E-state index in [1.807, 2.05) is 30.3 Å². The molecule has 1 aliphatic heterocycles. The van der Waals surface area contributed by atoms with Gasteiger partial charge in [0.25, 0.3) is 5.91 Å². The summed E-state index contributed by atoms with van der Waals surface area (Å²) in [5, 5.41) is 6.87. The van der Waals surface area contributed by atoms with Crippen LogP contribution >= 0.6 is 0 Å². The third kappa shape index (κ3) is 4.34. The number of hydrogen-bond donors (Lipinski definition) is 2. The minimum atomic E-state index is -0.373. The standard InChI is InChI=1S/C22H21FN4O2/c23-17-8-6-16(7-9-17)21(28)25-18-10-13-27(14-11-18)22(29)26-19-5-1-3-15-4-2-12-24-20(15)19/h1-9,12,18H,10-11,13-14H2,(H,25,28)(H,26,29). The number of carbonyl (C=O) groups is 2. The number of rotatable bonds is 3. The van der Waals surface area contributed by atoms with Gasteiger partial charge in [0, 0.05) is 36.3 Å². The van der Waals surface area contributed by atoms with E-state index in [9.17, 15) is 14.0 Å². The summed E-state index contributed by atoms with van der Waals surface area (Å²) in [6.45, 7) is 1.08. The summed E-state index contributed by atoms with van der Waals surface area (Å²) in [4.78, 5) is 31.0. The highest BCUT2D eigenvalue weighted by Gasteiger charge is 2.24. The molecule has 29 heavy (non-hydrogen) atoms. The summed E-state index contributed by atoms with van der Waals surface area (Å²) in [5.41, 5.74) is 1.86. The van der Waals surface area contributed by atoms with Crippen molar-refractivity contribution in [1.29, 1.82) is 0 Å². The highest BCUT2D eigenvalue weighted by atomic mass is 19.1. The number of nitrogens with zero attached hydrogens (tertiary/aromatic N) is 2. The zero-order chi connectivity index (χ0) is 20.2. The lowest BCUT2D eigenvalue weighted by Gasteiger charge is -2.32. The first kappa shape index (κ1) is 18.9. The molecule has 4 rings (SSSR count). The van der Waals surface area contributed by atoms with E-state index in [0.717, 1.165) is 10.9 Å². The summed E-state index contributed by atoms with van der Waals surface area (Å²) in [6.07, 6.45) is 3.02. The van der Waals surface area contributed by atoms with Crippen molar-refractivity contribution in [2.75, 3.05) is 18.4 Å². The van der Waals surface area contributed by atoms with Crippen molar-refractivity contribution in [3.05, 3.63) is 72.2 Å². The number of benzene rings is 2. The summed E-state index contributed by atoms with van der Waals surface area (Å²) in [6, 6.07) is 14.8. The van der Waals surface area contributed by atoms with Gasteiger partial charge >= 0.3 is 6.03 Å².